The van der Waals surface area contributed by atoms with Crippen LogP contribution in [0, 0.1) is 13.8 Å². The van der Waals surface area contributed by atoms with Crippen molar-refractivity contribution in [3.05, 3.63) is 53.1 Å². The summed E-state index contributed by atoms with van der Waals surface area (Å²) in [5, 5.41) is 9.48. The number of phenolic OH excluding ortho intramolecular Hbond substituents is 1. The monoisotopic (exact) mass is 200 g/mol. The molecule has 0 fully saturated rings. The van der Waals surface area contributed by atoms with Gasteiger partial charge in [0.25, 0.3) is 0 Å². The lowest BCUT2D eigenvalue weighted by molar-refractivity contribution is 0.474. The average Bonchev–Trinajstić information content (AvgIpc) is 2.17. The van der Waals surface area contributed by atoms with Crippen LogP contribution in [-0.2, 0) is 0 Å². The maximum atomic E-state index is 9.48. The van der Waals surface area contributed by atoms with Gasteiger partial charge >= 0.3 is 0 Å². The second-order valence-electron chi connectivity index (χ2n) is 4.15. The summed E-state index contributed by atoms with van der Waals surface area (Å²) in [5.74, 6) is 0.833. The molecule has 1 nitrogen and oxygen atoms in total. The second-order valence-corrected chi connectivity index (χ2v) is 4.15. The largest absolute Gasteiger partial charge is 0.508 e. The molecule has 1 atom stereocenters. The molecule has 1 aromatic rings. The van der Waals surface area contributed by atoms with Gasteiger partial charge < -0.3 is 5.11 Å². The minimum absolute atomic E-state index is 0.365. The summed E-state index contributed by atoms with van der Waals surface area (Å²) in [4.78, 5) is 0. The van der Waals surface area contributed by atoms with Crippen LogP contribution in [0.4, 0.5) is 0 Å². The van der Waals surface area contributed by atoms with E-state index >= 15 is 0 Å². The zero-order valence-corrected chi connectivity index (χ0v) is 9.20. The third-order valence-electron chi connectivity index (χ3n) is 2.93. The molecule has 1 heteroatoms. The summed E-state index contributed by atoms with van der Waals surface area (Å²) in [5.41, 5.74) is 3.71. The third kappa shape index (κ3) is 1.96. The molecular formula is C14H16O. The topological polar surface area (TPSA) is 20.2 Å². The van der Waals surface area contributed by atoms with E-state index in [1.807, 2.05) is 12.1 Å². The Hall–Kier alpha value is -1.50. The van der Waals surface area contributed by atoms with E-state index in [4.69, 9.17) is 0 Å². The smallest absolute Gasteiger partial charge is 0.116 e. The van der Waals surface area contributed by atoms with E-state index in [2.05, 4.69) is 38.2 Å². The summed E-state index contributed by atoms with van der Waals surface area (Å²) >= 11 is 0. The molecule has 0 radical (unpaired) electrons. The van der Waals surface area contributed by atoms with Crippen LogP contribution in [0.2, 0.25) is 0 Å². The van der Waals surface area contributed by atoms with Crippen molar-refractivity contribution in [2.45, 2.75) is 26.2 Å². The van der Waals surface area contributed by atoms with Crippen molar-refractivity contribution < 1.29 is 5.11 Å². The van der Waals surface area contributed by atoms with Gasteiger partial charge in [-0.1, -0.05) is 24.3 Å². The second kappa shape index (κ2) is 3.93. The number of hydrogen-bond acceptors (Lipinski definition) is 1. The fourth-order valence-electron chi connectivity index (χ4n) is 2.33. The zero-order valence-electron chi connectivity index (χ0n) is 9.20. The molecule has 78 valence electrons. The molecule has 1 unspecified atom stereocenters. The highest BCUT2D eigenvalue weighted by molar-refractivity contribution is 5.45. The molecular weight excluding hydrogens is 184 g/mol. The first kappa shape index (κ1) is 10.0. The highest BCUT2D eigenvalue weighted by atomic mass is 16.3. The van der Waals surface area contributed by atoms with Crippen molar-refractivity contribution in [1.82, 2.24) is 0 Å². The fourth-order valence-corrected chi connectivity index (χ4v) is 2.33. The number of rotatable bonds is 1. The minimum atomic E-state index is 0.365. The van der Waals surface area contributed by atoms with Crippen molar-refractivity contribution >= 4 is 0 Å². The molecule has 0 saturated carbocycles. The van der Waals surface area contributed by atoms with Crippen LogP contribution in [0.5, 0.6) is 5.75 Å². The average molecular weight is 200 g/mol. The summed E-state index contributed by atoms with van der Waals surface area (Å²) < 4.78 is 0. The Balaban J connectivity index is 2.43. The van der Waals surface area contributed by atoms with Gasteiger partial charge in [0.2, 0.25) is 0 Å². The van der Waals surface area contributed by atoms with Crippen LogP contribution in [-0.4, -0.2) is 5.11 Å². The van der Waals surface area contributed by atoms with E-state index in [9.17, 15) is 5.11 Å². The van der Waals surface area contributed by atoms with Crippen molar-refractivity contribution in [3.8, 4) is 5.75 Å². The Kier molecular flexibility index (Phi) is 2.63. The molecule has 1 aliphatic rings. The number of aryl methyl sites for hydroxylation is 2. The van der Waals surface area contributed by atoms with Crippen molar-refractivity contribution in [2.24, 2.45) is 0 Å². The summed E-state index contributed by atoms with van der Waals surface area (Å²) in [7, 11) is 0. The van der Waals surface area contributed by atoms with Gasteiger partial charge in [-0.05, 0) is 49.1 Å². The molecule has 1 aromatic carbocycles. The van der Waals surface area contributed by atoms with Crippen molar-refractivity contribution in [1.29, 1.82) is 0 Å². The minimum Gasteiger partial charge on any atom is -0.508 e. The van der Waals surface area contributed by atoms with Crippen LogP contribution in [0.25, 0.3) is 0 Å². The van der Waals surface area contributed by atoms with Gasteiger partial charge in [-0.2, -0.15) is 0 Å². The number of allylic oxidation sites excluding steroid dienone is 4. The van der Waals surface area contributed by atoms with Crippen LogP contribution in [0.1, 0.15) is 29.0 Å². The SMILES string of the molecule is Cc1cc(O)cc(C)c1C1C=CC=CC1. The first-order valence-electron chi connectivity index (χ1n) is 5.32. The maximum Gasteiger partial charge on any atom is 0.116 e. The molecule has 1 aliphatic carbocycles. The Morgan fingerprint density at radius 2 is 1.80 bits per heavy atom. The number of phenols is 1. The van der Waals surface area contributed by atoms with E-state index in [1.165, 1.54) is 16.7 Å². The standard InChI is InChI=1S/C14H16O/c1-10-8-13(15)9-11(2)14(10)12-6-4-3-5-7-12/h3-6,8-9,12,15H,7H2,1-2H3. The summed E-state index contributed by atoms with van der Waals surface area (Å²) in [6.07, 6.45) is 9.66. The molecule has 0 aliphatic heterocycles. The van der Waals surface area contributed by atoms with Crippen molar-refractivity contribution in [3.63, 3.8) is 0 Å². The normalized spacial score (nSPS) is 19.5. The Morgan fingerprint density at radius 1 is 1.13 bits per heavy atom. The maximum absolute atomic E-state index is 9.48. The van der Waals surface area contributed by atoms with Crippen molar-refractivity contribution in [2.75, 3.05) is 0 Å². The molecule has 0 bridgehead atoms. The summed E-state index contributed by atoms with van der Waals surface area (Å²) in [6, 6.07) is 3.68. The number of benzene rings is 1. The summed E-state index contributed by atoms with van der Waals surface area (Å²) in [6.45, 7) is 4.13. The lowest BCUT2D eigenvalue weighted by Gasteiger charge is -2.19. The Labute approximate surface area is 90.8 Å². The molecule has 0 amide bonds. The molecule has 2 rings (SSSR count). The van der Waals surface area contributed by atoms with E-state index in [1.54, 1.807) is 0 Å². The lowest BCUT2D eigenvalue weighted by atomic mass is 9.86. The Morgan fingerprint density at radius 3 is 2.33 bits per heavy atom. The van der Waals surface area contributed by atoms with E-state index in [-0.39, 0.29) is 0 Å². The van der Waals surface area contributed by atoms with Gasteiger partial charge in [0.1, 0.15) is 5.75 Å². The highest BCUT2D eigenvalue weighted by Gasteiger charge is 2.14. The Bertz CT molecular complexity index is 404. The highest BCUT2D eigenvalue weighted by Crippen LogP contribution is 2.32. The van der Waals surface area contributed by atoms with Gasteiger partial charge in [-0.25, -0.2) is 0 Å². The molecule has 0 aromatic heterocycles. The van der Waals surface area contributed by atoms with Crippen LogP contribution in [0.15, 0.2) is 36.4 Å². The predicted octanol–water partition coefficient (Wildman–Crippen LogP) is 3.61. The molecule has 1 N–H and O–H groups in total. The van der Waals surface area contributed by atoms with Gasteiger partial charge in [-0.3, -0.25) is 0 Å². The molecule has 0 spiro atoms. The van der Waals surface area contributed by atoms with Gasteiger partial charge in [-0.15, -0.1) is 0 Å². The van der Waals surface area contributed by atoms with Gasteiger partial charge in [0, 0.05) is 5.92 Å². The number of hydrogen-bond donors (Lipinski definition) is 1. The fraction of sp³-hybridized carbons (Fsp3) is 0.286. The van der Waals surface area contributed by atoms with Crippen LogP contribution < -0.4 is 0 Å². The first-order valence-corrected chi connectivity index (χ1v) is 5.32. The first-order chi connectivity index (χ1) is 7.18. The van der Waals surface area contributed by atoms with Crippen LogP contribution in [0.3, 0.4) is 0 Å². The van der Waals surface area contributed by atoms with Gasteiger partial charge in [0.15, 0.2) is 0 Å². The molecule has 0 saturated heterocycles. The third-order valence-corrected chi connectivity index (χ3v) is 2.93. The lowest BCUT2D eigenvalue weighted by Crippen LogP contribution is -2.01. The van der Waals surface area contributed by atoms with Crippen LogP contribution >= 0.6 is 0 Å². The number of aromatic hydroxyl groups is 1. The van der Waals surface area contributed by atoms with E-state index < -0.39 is 0 Å². The molecule has 15 heavy (non-hydrogen) atoms. The quantitative estimate of drug-likeness (QED) is 0.734. The van der Waals surface area contributed by atoms with Gasteiger partial charge in [0.05, 0.1) is 0 Å². The predicted molar refractivity (Wildman–Crippen MR) is 63.2 cm³/mol. The molecule has 0 heterocycles. The van der Waals surface area contributed by atoms with E-state index in [0.29, 0.717) is 11.7 Å². The zero-order chi connectivity index (χ0) is 10.8. The van der Waals surface area contributed by atoms with E-state index in [0.717, 1.165) is 6.42 Å².